The molecule has 2 N–H and O–H groups in total. The van der Waals surface area contributed by atoms with E-state index in [2.05, 4.69) is 9.84 Å². The van der Waals surface area contributed by atoms with Crippen molar-refractivity contribution in [1.82, 2.24) is 9.78 Å². The fraction of sp³-hybridized carbons (Fsp3) is 0.357. The molecule has 5 nitrogen and oxygen atoms in total. The first kappa shape index (κ1) is 15.2. The summed E-state index contributed by atoms with van der Waals surface area (Å²) in [4.78, 5) is 0. The highest BCUT2D eigenvalue weighted by molar-refractivity contribution is 5.77. The van der Waals surface area contributed by atoms with E-state index in [-0.39, 0.29) is 5.75 Å². The van der Waals surface area contributed by atoms with Crippen molar-refractivity contribution >= 4 is 5.82 Å². The van der Waals surface area contributed by atoms with Gasteiger partial charge < -0.3 is 15.2 Å². The number of nitrogens with two attached hydrogens (primary N) is 1. The molecule has 21 heavy (non-hydrogen) atoms. The van der Waals surface area contributed by atoms with Gasteiger partial charge in [-0.25, -0.2) is 0 Å². The van der Waals surface area contributed by atoms with Crippen molar-refractivity contribution in [2.24, 2.45) is 7.05 Å². The van der Waals surface area contributed by atoms with Gasteiger partial charge in [0.2, 0.25) is 0 Å². The van der Waals surface area contributed by atoms with Crippen LogP contribution in [0.25, 0.3) is 11.1 Å². The van der Waals surface area contributed by atoms with E-state index >= 15 is 0 Å². The first-order valence-electron chi connectivity index (χ1n) is 6.38. The summed E-state index contributed by atoms with van der Waals surface area (Å²) in [7, 11) is 3.37. The number of methoxy groups -OCH3 is 1. The Morgan fingerprint density at radius 1 is 1.29 bits per heavy atom. The van der Waals surface area contributed by atoms with Gasteiger partial charge in [-0.2, -0.15) is 13.9 Å². The van der Waals surface area contributed by atoms with Crippen molar-refractivity contribution in [2.45, 2.75) is 13.0 Å². The van der Waals surface area contributed by atoms with Gasteiger partial charge in [0.15, 0.2) is 0 Å². The van der Waals surface area contributed by atoms with E-state index in [0.717, 1.165) is 16.8 Å². The SMILES string of the molecule is COCCc1nn(C)c(N)c1-c1ccc(OC(F)F)cc1. The summed E-state index contributed by atoms with van der Waals surface area (Å²) in [5, 5.41) is 4.36. The van der Waals surface area contributed by atoms with E-state index in [9.17, 15) is 8.78 Å². The molecule has 0 aliphatic carbocycles. The lowest BCUT2D eigenvalue weighted by Crippen LogP contribution is -2.01. The number of rotatable bonds is 6. The molecule has 1 aromatic carbocycles. The number of nitrogen functional groups attached to an aromatic ring is 1. The third-order valence-electron chi connectivity index (χ3n) is 3.08. The first-order valence-corrected chi connectivity index (χ1v) is 6.38. The lowest BCUT2D eigenvalue weighted by Gasteiger charge is -2.07. The van der Waals surface area contributed by atoms with Crippen molar-refractivity contribution in [1.29, 1.82) is 0 Å². The Balaban J connectivity index is 2.32. The molecule has 1 heterocycles. The van der Waals surface area contributed by atoms with Crippen LogP contribution < -0.4 is 10.5 Å². The van der Waals surface area contributed by atoms with Crippen molar-refractivity contribution in [3.63, 3.8) is 0 Å². The Bertz CT molecular complexity index is 597. The zero-order chi connectivity index (χ0) is 15.4. The summed E-state index contributed by atoms with van der Waals surface area (Å²) < 4.78 is 35.3. The van der Waals surface area contributed by atoms with Crippen LogP contribution in [0.2, 0.25) is 0 Å². The minimum absolute atomic E-state index is 0.106. The van der Waals surface area contributed by atoms with E-state index < -0.39 is 6.61 Å². The number of aryl methyl sites for hydroxylation is 1. The van der Waals surface area contributed by atoms with Crippen molar-refractivity contribution in [3.8, 4) is 16.9 Å². The third-order valence-corrected chi connectivity index (χ3v) is 3.08. The van der Waals surface area contributed by atoms with Gasteiger partial charge in [-0.05, 0) is 17.7 Å². The van der Waals surface area contributed by atoms with E-state index in [4.69, 9.17) is 10.5 Å². The molecular weight excluding hydrogens is 280 g/mol. The molecule has 1 aromatic heterocycles. The monoisotopic (exact) mass is 297 g/mol. The fourth-order valence-electron chi connectivity index (χ4n) is 2.09. The number of benzene rings is 1. The zero-order valence-electron chi connectivity index (χ0n) is 11.8. The van der Waals surface area contributed by atoms with Crippen LogP contribution >= 0.6 is 0 Å². The normalized spacial score (nSPS) is 11.1. The predicted molar refractivity (Wildman–Crippen MR) is 75.3 cm³/mol. The summed E-state index contributed by atoms with van der Waals surface area (Å²) in [5.74, 6) is 0.623. The predicted octanol–water partition coefficient (Wildman–Crippen LogP) is 2.46. The standard InChI is InChI=1S/C14H17F2N3O2/c1-19-13(17)12(11(18-19)7-8-20-2)9-3-5-10(6-4-9)21-14(15)16/h3-6,14H,7-8,17H2,1-2H3. The van der Waals surface area contributed by atoms with Crippen LogP contribution in [0.1, 0.15) is 5.69 Å². The highest BCUT2D eigenvalue weighted by Crippen LogP contribution is 2.31. The van der Waals surface area contributed by atoms with E-state index in [0.29, 0.717) is 18.8 Å². The minimum Gasteiger partial charge on any atom is -0.435 e. The molecule has 0 aliphatic heterocycles. The largest absolute Gasteiger partial charge is 0.435 e. The van der Waals surface area contributed by atoms with Crippen LogP contribution in [-0.2, 0) is 18.2 Å². The van der Waals surface area contributed by atoms with Gasteiger partial charge in [0.1, 0.15) is 11.6 Å². The van der Waals surface area contributed by atoms with Crippen LogP contribution in [0.5, 0.6) is 5.75 Å². The van der Waals surface area contributed by atoms with Crippen molar-refractivity contribution in [3.05, 3.63) is 30.0 Å². The van der Waals surface area contributed by atoms with Gasteiger partial charge >= 0.3 is 6.61 Å². The number of nitrogens with zero attached hydrogens (tertiary/aromatic N) is 2. The molecule has 0 spiro atoms. The summed E-state index contributed by atoms with van der Waals surface area (Å²) in [5.41, 5.74) is 8.43. The van der Waals surface area contributed by atoms with Crippen LogP contribution in [0.4, 0.5) is 14.6 Å². The van der Waals surface area contributed by atoms with Crippen LogP contribution in [-0.4, -0.2) is 30.1 Å². The average Bonchev–Trinajstić information content (AvgIpc) is 2.72. The molecule has 0 bridgehead atoms. The Morgan fingerprint density at radius 2 is 1.95 bits per heavy atom. The fourth-order valence-corrected chi connectivity index (χ4v) is 2.09. The maximum absolute atomic E-state index is 12.1. The van der Waals surface area contributed by atoms with Crippen molar-refractivity contribution in [2.75, 3.05) is 19.5 Å². The molecule has 0 saturated carbocycles. The lowest BCUT2D eigenvalue weighted by molar-refractivity contribution is -0.0498. The topological polar surface area (TPSA) is 62.3 Å². The minimum atomic E-state index is -2.84. The number of hydrogen-bond acceptors (Lipinski definition) is 4. The van der Waals surface area contributed by atoms with Crippen molar-refractivity contribution < 1.29 is 18.3 Å². The van der Waals surface area contributed by atoms with E-state index in [1.807, 2.05) is 0 Å². The molecule has 0 aliphatic rings. The number of alkyl halides is 2. The Labute approximate surface area is 121 Å². The Morgan fingerprint density at radius 3 is 2.52 bits per heavy atom. The number of anilines is 1. The lowest BCUT2D eigenvalue weighted by atomic mass is 10.0. The number of hydrogen-bond donors (Lipinski definition) is 1. The molecule has 0 unspecified atom stereocenters. The van der Waals surface area contributed by atoms with E-state index in [1.165, 1.54) is 12.1 Å². The van der Waals surface area contributed by atoms with Crippen LogP contribution in [0.3, 0.4) is 0 Å². The molecule has 2 rings (SSSR count). The highest BCUT2D eigenvalue weighted by Gasteiger charge is 2.16. The summed E-state index contributed by atoms with van der Waals surface area (Å²) in [6.45, 7) is -2.31. The molecule has 114 valence electrons. The smallest absolute Gasteiger partial charge is 0.387 e. The summed E-state index contributed by atoms with van der Waals surface area (Å²) >= 11 is 0. The second kappa shape index (κ2) is 6.53. The quantitative estimate of drug-likeness (QED) is 0.889. The average molecular weight is 297 g/mol. The zero-order valence-corrected chi connectivity index (χ0v) is 11.8. The molecule has 0 radical (unpaired) electrons. The molecule has 0 fully saturated rings. The highest BCUT2D eigenvalue weighted by atomic mass is 19.3. The Kier molecular flexibility index (Phi) is 4.74. The summed E-state index contributed by atoms with van der Waals surface area (Å²) in [6, 6.07) is 6.32. The number of halogens is 2. The molecule has 0 atom stereocenters. The maximum atomic E-state index is 12.1. The van der Waals surface area contributed by atoms with Gasteiger partial charge in [-0.1, -0.05) is 12.1 Å². The molecule has 0 saturated heterocycles. The van der Waals surface area contributed by atoms with Gasteiger partial charge in [0.05, 0.1) is 12.3 Å². The second-order valence-corrected chi connectivity index (χ2v) is 4.48. The van der Waals surface area contributed by atoms with Gasteiger partial charge in [-0.3, -0.25) is 4.68 Å². The maximum Gasteiger partial charge on any atom is 0.387 e. The molecular formula is C14H17F2N3O2. The number of ether oxygens (including phenoxy) is 2. The molecule has 7 heteroatoms. The van der Waals surface area contributed by atoms with E-state index in [1.54, 1.807) is 31.0 Å². The third kappa shape index (κ3) is 3.49. The van der Waals surface area contributed by atoms with Crippen LogP contribution in [0, 0.1) is 0 Å². The second-order valence-electron chi connectivity index (χ2n) is 4.48. The number of aromatic nitrogens is 2. The molecule has 0 amide bonds. The van der Waals surface area contributed by atoms with Crippen LogP contribution in [0.15, 0.2) is 24.3 Å². The summed E-state index contributed by atoms with van der Waals surface area (Å²) in [6.07, 6.45) is 0.617. The Hall–Kier alpha value is -2.15. The van der Waals surface area contributed by atoms with Gasteiger partial charge in [-0.15, -0.1) is 0 Å². The molecule has 2 aromatic rings. The first-order chi connectivity index (χ1) is 10.0. The van der Waals surface area contributed by atoms with Gasteiger partial charge in [0, 0.05) is 26.1 Å². The van der Waals surface area contributed by atoms with Gasteiger partial charge in [0.25, 0.3) is 0 Å².